The van der Waals surface area contributed by atoms with Crippen molar-refractivity contribution < 1.29 is 14.3 Å². The predicted octanol–water partition coefficient (Wildman–Crippen LogP) is 3.03. The summed E-state index contributed by atoms with van der Waals surface area (Å²) in [4.78, 5) is 11.3. The van der Waals surface area contributed by atoms with Crippen LogP contribution in [0.3, 0.4) is 0 Å². The summed E-state index contributed by atoms with van der Waals surface area (Å²) in [5, 5.41) is 15.7. The van der Waals surface area contributed by atoms with Crippen LogP contribution in [0, 0.1) is 5.82 Å². The average molecular weight is 286 g/mol. The Kier molecular flexibility index (Phi) is 3.48. The van der Waals surface area contributed by atoms with Gasteiger partial charge in [0.25, 0.3) is 0 Å². The van der Waals surface area contributed by atoms with Gasteiger partial charge in [-0.25, -0.2) is 4.39 Å². The molecule has 2 aromatic rings. The van der Waals surface area contributed by atoms with Gasteiger partial charge in [-0.1, -0.05) is 0 Å². The van der Waals surface area contributed by atoms with Crippen molar-refractivity contribution in [1.29, 1.82) is 0 Å². The van der Waals surface area contributed by atoms with Gasteiger partial charge in [0.1, 0.15) is 11.6 Å². The molecule has 0 saturated carbocycles. The molecule has 0 saturated heterocycles. The summed E-state index contributed by atoms with van der Waals surface area (Å²) in [5.74, 6) is -0.278. The molecule has 4 nitrogen and oxygen atoms in total. The summed E-state index contributed by atoms with van der Waals surface area (Å²) in [6.45, 7) is 0.328. The van der Waals surface area contributed by atoms with E-state index in [4.69, 9.17) is 0 Å². The smallest absolute Gasteiger partial charge is 0.224 e. The van der Waals surface area contributed by atoms with Crippen molar-refractivity contribution in [2.45, 2.75) is 19.4 Å². The Morgan fingerprint density at radius 3 is 2.90 bits per heavy atom. The lowest BCUT2D eigenvalue weighted by Crippen LogP contribution is -2.18. The van der Waals surface area contributed by atoms with Gasteiger partial charge in [0.15, 0.2) is 0 Å². The van der Waals surface area contributed by atoms with E-state index in [-0.39, 0.29) is 17.5 Å². The molecule has 0 radical (unpaired) electrons. The lowest BCUT2D eigenvalue weighted by atomic mass is 10.0. The van der Waals surface area contributed by atoms with E-state index in [1.807, 2.05) is 18.2 Å². The van der Waals surface area contributed by atoms with E-state index in [0.29, 0.717) is 24.9 Å². The number of carbonyl (C=O) groups is 1. The van der Waals surface area contributed by atoms with Gasteiger partial charge < -0.3 is 15.7 Å². The van der Waals surface area contributed by atoms with Crippen LogP contribution in [0.1, 0.15) is 17.5 Å². The number of aryl methyl sites for hydroxylation is 1. The zero-order valence-corrected chi connectivity index (χ0v) is 11.3. The number of halogens is 1. The fourth-order valence-corrected chi connectivity index (χ4v) is 2.39. The molecule has 1 aliphatic rings. The van der Waals surface area contributed by atoms with Gasteiger partial charge in [0.05, 0.1) is 0 Å². The highest BCUT2D eigenvalue weighted by atomic mass is 19.1. The molecule has 5 heteroatoms. The van der Waals surface area contributed by atoms with Crippen molar-refractivity contribution in [2.75, 3.05) is 10.6 Å². The van der Waals surface area contributed by atoms with Crippen molar-refractivity contribution >= 4 is 17.3 Å². The molecule has 3 rings (SSSR count). The van der Waals surface area contributed by atoms with Crippen molar-refractivity contribution in [3.63, 3.8) is 0 Å². The standard InChI is InChI=1S/C16H15FN2O2/c17-12-2-5-15(20)11(7-12)9-18-13-3-4-14-10(8-13)1-6-16(21)19-14/h2-5,7-8,18,20H,1,6,9H2,(H,19,21). The summed E-state index contributed by atoms with van der Waals surface area (Å²) >= 11 is 0. The van der Waals surface area contributed by atoms with Crippen LogP contribution >= 0.6 is 0 Å². The number of hydrogen-bond donors (Lipinski definition) is 3. The molecule has 0 bridgehead atoms. The van der Waals surface area contributed by atoms with E-state index >= 15 is 0 Å². The molecule has 1 amide bonds. The van der Waals surface area contributed by atoms with Gasteiger partial charge in [-0.3, -0.25) is 4.79 Å². The zero-order valence-electron chi connectivity index (χ0n) is 11.3. The summed E-state index contributed by atoms with van der Waals surface area (Å²) in [7, 11) is 0. The summed E-state index contributed by atoms with van der Waals surface area (Å²) < 4.78 is 13.2. The minimum absolute atomic E-state index is 0.0351. The first kappa shape index (κ1) is 13.4. The van der Waals surface area contributed by atoms with E-state index in [1.165, 1.54) is 18.2 Å². The molecular weight excluding hydrogens is 271 g/mol. The third-order valence-corrected chi connectivity index (χ3v) is 3.53. The van der Waals surface area contributed by atoms with Gasteiger partial charge >= 0.3 is 0 Å². The van der Waals surface area contributed by atoms with Crippen molar-refractivity contribution in [1.82, 2.24) is 0 Å². The largest absolute Gasteiger partial charge is 0.508 e. The maximum absolute atomic E-state index is 13.2. The van der Waals surface area contributed by atoms with Crippen LogP contribution in [0.4, 0.5) is 15.8 Å². The highest BCUT2D eigenvalue weighted by Gasteiger charge is 2.14. The average Bonchev–Trinajstić information content (AvgIpc) is 2.48. The number of nitrogens with one attached hydrogen (secondary N) is 2. The Morgan fingerprint density at radius 1 is 1.19 bits per heavy atom. The molecule has 0 aliphatic carbocycles. The molecular formula is C16H15FN2O2. The first-order valence-electron chi connectivity index (χ1n) is 6.76. The Labute approximate surface area is 121 Å². The SMILES string of the molecule is O=C1CCc2cc(NCc3cc(F)ccc3O)ccc2N1. The van der Waals surface area contributed by atoms with Crippen LogP contribution in [-0.4, -0.2) is 11.0 Å². The number of amides is 1. The lowest BCUT2D eigenvalue weighted by Gasteiger charge is -2.18. The summed E-state index contributed by atoms with van der Waals surface area (Å²) in [5.41, 5.74) is 3.28. The van der Waals surface area contributed by atoms with E-state index in [1.54, 1.807) is 0 Å². The topological polar surface area (TPSA) is 61.4 Å². The van der Waals surface area contributed by atoms with E-state index in [9.17, 15) is 14.3 Å². The van der Waals surface area contributed by atoms with Crippen molar-refractivity contribution in [3.8, 4) is 5.75 Å². The lowest BCUT2D eigenvalue weighted by molar-refractivity contribution is -0.116. The minimum atomic E-state index is -0.377. The third kappa shape index (κ3) is 2.97. The Hall–Kier alpha value is -2.56. The number of carbonyl (C=O) groups excluding carboxylic acids is 1. The molecule has 0 fully saturated rings. The number of rotatable bonds is 3. The number of anilines is 2. The summed E-state index contributed by atoms with van der Waals surface area (Å²) in [6.07, 6.45) is 1.20. The molecule has 3 N–H and O–H groups in total. The number of aromatic hydroxyl groups is 1. The van der Waals surface area contributed by atoms with E-state index in [0.717, 1.165) is 16.9 Å². The van der Waals surface area contributed by atoms with Crippen LogP contribution < -0.4 is 10.6 Å². The number of hydrogen-bond acceptors (Lipinski definition) is 3. The van der Waals surface area contributed by atoms with Crippen LogP contribution in [0.15, 0.2) is 36.4 Å². The van der Waals surface area contributed by atoms with Crippen LogP contribution in [-0.2, 0) is 17.8 Å². The quantitative estimate of drug-likeness (QED) is 0.812. The second-order valence-corrected chi connectivity index (χ2v) is 5.05. The predicted molar refractivity (Wildman–Crippen MR) is 78.8 cm³/mol. The van der Waals surface area contributed by atoms with Gasteiger partial charge in [0, 0.05) is 29.9 Å². The molecule has 0 atom stereocenters. The Balaban J connectivity index is 1.74. The molecule has 0 unspecified atom stereocenters. The maximum Gasteiger partial charge on any atom is 0.224 e. The Bertz CT molecular complexity index is 701. The van der Waals surface area contributed by atoms with Gasteiger partial charge in [-0.05, 0) is 48.4 Å². The van der Waals surface area contributed by atoms with Crippen LogP contribution in [0.25, 0.3) is 0 Å². The molecule has 1 heterocycles. The van der Waals surface area contributed by atoms with Gasteiger partial charge in [-0.2, -0.15) is 0 Å². The molecule has 108 valence electrons. The highest BCUT2D eigenvalue weighted by Crippen LogP contribution is 2.26. The molecule has 21 heavy (non-hydrogen) atoms. The first-order valence-corrected chi connectivity index (χ1v) is 6.76. The molecule has 1 aliphatic heterocycles. The van der Waals surface area contributed by atoms with E-state index < -0.39 is 0 Å². The number of phenols is 1. The maximum atomic E-state index is 13.2. The minimum Gasteiger partial charge on any atom is -0.508 e. The molecule has 0 aromatic heterocycles. The van der Waals surface area contributed by atoms with E-state index in [2.05, 4.69) is 10.6 Å². The van der Waals surface area contributed by atoms with Crippen LogP contribution in [0.2, 0.25) is 0 Å². The number of phenolic OH excluding ortho intramolecular Hbond substituents is 1. The highest BCUT2D eigenvalue weighted by molar-refractivity contribution is 5.94. The first-order chi connectivity index (χ1) is 10.1. The second kappa shape index (κ2) is 5.44. The second-order valence-electron chi connectivity index (χ2n) is 5.05. The Morgan fingerprint density at radius 2 is 2.05 bits per heavy atom. The normalized spacial score (nSPS) is 13.5. The number of fused-ring (bicyclic) bond motifs is 1. The van der Waals surface area contributed by atoms with Crippen LogP contribution in [0.5, 0.6) is 5.75 Å². The fourth-order valence-electron chi connectivity index (χ4n) is 2.39. The van der Waals surface area contributed by atoms with Crippen molar-refractivity contribution in [3.05, 3.63) is 53.3 Å². The monoisotopic (exact) mass is 286 g/mol. The van der Waals surface area contributed by atoms with Gasteiger partial charge in [-0.15, -0.1) is 0 Å². The van der Waals surface area contributed by atoms with Gasteiger partial charge in [0.2, 0.25) is 5.91 Å². The van der Waals surface area contributed by atoms with Crippen molar-refractivity contribution in [2.24, 2.45) is 0 Å². The third-order valence-electron chi connectivity index (χ3n) is 3.53. The molecule has 0 spiro atoms. The zero-order chi connectivity index (χ0) is 14.8. The number of benzene rings is 2. The molecule has 2 aromatic carbocycles. The summed E-state index contributed by atoms with van der Waals surface area (Å²) in [6, 6.07) is 9.53. The fraction of sp³-hybridized carbons (Fsp3) is 0.188.